The molecule has 0 saturated carbocycles. The molecule has 0 bridgehead atoms. The number of hydrogen-bond donors (Lipinski definition) is 1. The summed E-state index contributed by atoms with van der Waals surface area (Å²) in [5, 5.41) is 5.05. The second-order valence-corrected chi connectivity index (χ2v) is 7.24. The summed E-state index contributed by atoms with van der Waals surface area (Å²) in [6.07, 6.45) is 3.82. The van der Waals surface area contributed by atoms with E-state index in [0.29, 0.717) is 6.61 Å². The van der Waals surface area contributed by atoms with Crippen LogP contribution < -0.4 is 10.2 Å². The Labute approximate surface area is 158 Å². The Kier molecular flexibility index (Phi) is 6.39. The van der Waals surface area contributed by atoms with Crippen molar-refractivity contribution in [2.45, 2.75) is 26.7 Å². The first kappa shape index (κ1) is 18.1. The zero-order chi connectivity index (χ0) is 18.2. The molecule has 2 aromatic carbocycles. The first-order valence-corrected chi connectivity index (χ1v) is 9.52. The molecule has 134 valence electrons. The molecular weight excluding hydrogens is 342 g/mol. The fourth-order valence-electron chi connectivity index (χ4n) is 2.44. The van der Waals surface area contributed by atoms with Crippen molar-refractivity contribution >= 4 is 22.7 Å². The highest BCUT2D eigenvalue weighted by molar-refractivity contribution is 7.15. The summed E-state index contributed by atoms with van der Waals surface area (Å²) in [5.41, 5.74) is 6.38. The van der Waals surface area contributed by atoms with Crippen molar-refractivity contribution in [3.05, 3.63) is 76.3 Å². The van der Waals surface area contributed by atoms with Gasteiger partial charge in [-0.15, -0.1) is 11.3 Å². The minimum atomic E-state index is 0.715. The van der Waals surface area contributed by atoms with Gasteiger partial charge in [0.25, 0.3) is 0 Å². The molecule has 0 radical (unpaired) electrons. The first-order chi connectivity index (χ1) is 12.7. The average molecular weight is 366 g/mol. The van der Waals surface area contributed by atoms with Gasteiger partial charge in [-0.05, 0) is 62.1 Å². The van der Waals surface area contributed by atoms with Gasteiger partial charge < -0.3 is 4.74 Å². The Hall–Kier alpha value is -2.66. The lowest BCUT2D eigenvalue weighted by Crippen LogP contribution is -1.99. The van der Waals surface area contributed by atoms with Crippen molar-refractivity contribution in [1.82, 2.24) is 4.98 Å². The molecule has 0 saturated heterocycles. The topological polar surface area (TPSA) is 46.5 Å². The van der Waals surface area contributed by atoms with E-state index in [1.807, 2.05) is 37.3 Å². The number of hydrazone groups is 1. The van der Waals surface area contributed by atoms with Crippen LogP contribution in [0, 0.1) is 13.8 Å². The Balaban J connectivity index is 1.42. The van der Waals surface area contributed by atoms with E-state index in [9.17, 15) is 0 Å². The number of ether oxygens (including phenoxy) is 1. The lowest BCUT2D eigenvalue weighted by Gasteiger charge is -2.06. The molecule has 5 heteroatoms. The quantitative estimate of drug-likeness (QED) is 0.338. The average Bonchev–Trinajstić information content (AvgIpc) is 2.98. The number of hydrogen-bond acceptors (Lipinski definition) is 5. The Morgan fingerprint density at radius 1 is 1.08 bits per heavy atom. The first-order valence-electron chi connectivity index (χ1n) is 8.70. The highest BCUT2D eigenvalue weighted by atomic mass is 32.1. The minimum absolute atomic E-state index is 0.715. The van der Waals surface area contributed by atoms with Gasteiger partial charge in [-0.1, -0.05) is 30.3 Å². The van der Waals surface area contributed by atoms with E-state index in [4.69, 9.17) is 4.74 Å². The number of anilines is 1. The second-order valence-electron chi connectivity index (χ2n) is 6.04. The van der Waals surface area contributed by atoms with Gasteiger partial charge in [0.05, 0.1) is 18.5 Å². The van der Waals surface area contributed by atoms with Crippen LogP contribution in [0.2, 0.25) is 0 Å². The SMILES string of the molecule is Cc1nc(N/N=C\c2ccc(OCCCc3ccccc3)cc2)sc1C. The standard InChI is InChI=1S/C21H23N3OS/c1-16-17(2)26-21(23-16)24-22-15-19-10-12-20(13-11-19)25-14-6-9-18-7-4-3-5-8-18/h3-5,7-8,10-13,15H,6,9,14H2,1-2H3,(H,23,24)/b22-15-. The number of thiazole rings is 1. The van der Waals surface area contributed by atoms with Crippen molar-refractivity contribution in [2.24, 2.45) is 5.10 Å². The smallest absolute Gasteiger partial charge is 0.203 e. The van der Waals surface area contributed by atoms with E-state index >= 15 is 0 Å². The van der Waals surface area contributed by atoms with Crippen LogP contribution in [0.5, 0.6) is 5.75 Å². The summed E-state index contributed by atoms with van der Waals surface area (Å²) >= 11 is 1.61. The van der Waals surface area contributed by atoms with Gasteiger partial charge in [0.15, 0.2) is 0 Å². The lowest BCUT2D eigenvalue weighted by atomic mass is 10.1. The molecule has 0 aliphatic heterocycles. The highest BCUT2D eigenvalue weighted by Gasteiger charge is 2.01. The predicted molar refractivity (Wildman–Crippen MR) is 110 cm³/mol. The number of nitrogens with one attached hydrogen (secondary N) is 1. The van der Waals surface area contributed by atoms with Crippen LogP contribution in [0.25, 0.3) is 0 Å². The zero-order valence-electron chi connectivity index (χ0n) is 15.1. The minimum Gasteiger partial charge on any atom is -0.494 e. The monoisotopic (exact) mass is 365 g/mol. The third-order valence-electron chi connectivity index (χ3n) is 4.00. The summed E-state index contributed by atoms with van der Waals surface area (Å²) in [7, 11) is 0. The molecule has 3 aromatic rings. The predicted octanol–water partition coefficient (Wildman–Crippen LogP) is 5.22. The maximum atomic E-state index is 5.80. The number of nitrogens with zero attached hydrogens (tertiary/aromatic N) is 2. The van der Waals surface area contributed by atoms with Gasteiger partial charge in [-0.25, -0.2) is 4.98 Å². The molecule has 26 heavy (non-hydrogen) atoms. The Bertz CT molecular complexity index is 822. The van der Waals surface area contributed by atoms with Gasteiger partial charge >= 0.3 is 0 Å². The van der Waals surface area contributed by atoms with Crippen molar-refractivity contribution in [3.8, 4) is 5.75 Å². The van der Waals surface area contributed by atoms with Crippen molar-refractivity contribution in [3.63, 3.8) is 0 Å². The summed E-state index contributed by atoms with van der Waals surface area (Å²) in [5.74, 6) is 0.884. The second kappa shape index (κ2) is 9.15. The van der Waals surface area contributed by atoms with E-state index in [2.05, 4.69) is 46.7 Å². The van der Waals surface area contributed by atoms with Crippen LogP contribution in [-0.2, 0) is 6.42 Å². The van der Waals surface area contributed by atoms with Crippen LogP contribution in [0.1, 0.15) is 28.1 Å². The van der Waals surface area contributed by atoms with Crippen LogP contribution >= 0.6 is 11.3 Å². The molecule has 1 N–H and O–H groups in total. The largest absolute Gasteiger partial charge is 0.494 e. The van der Waals surface area contributed by atoms with Gasteiger partial charge in [0.1, 0.15) is 5.75 Å². The molecule has 0 atom stereocenters. The van der Waals surface area contributed by atoms with E-state index in [1.54, 1.807) is 17.6 Å². The molecule has 0 fully saturated rings. The fourth-order valence-corrected chi connectivity index (χ4v) is 3.21. The fraction of sp³-hybridized carbons (Fsp3) is 0.238. The van der Waals surface area contributed by atoms with Gasteiger partial charge in [-0.3, -0.25) is 5.43 Å². The molecule has 0 spiro atoms. The molecule has 0 aliphatic carbocycles. The van der Waals surface area contributed by atoms with Crippen LogP contribution in [0.15, 0.2) is 59.7 Å². The summed E-state index contributed by atoms with van der Waals surface area (Å²) in [6.45, 7) is 4.77. The molecule has 3 rings (SSSR count). The van der Waals surface area contributed by atoms with Gasteiger partial charge in [0, 0.05) is 4.88 Å². The molecule has 0 amide bonds. The Morgan fingerprint density at radius 3 is 2.54 bits per heavy atom. The maximum absolute atomic E-state index is 5.80. The molecule has 1 aromatic heterocycles. The van der Waals surface area contributed by atoms with E-state index in [0.717, 1.165) is 35.0 Å². The molecule has 0 aliphatic rings. The number of rotatable bonds is 8. The van der Waals surface area contributed by atoms with Gasteiger partial charge in [-0.2, -0.15) is 5.10 Å². The van der Waals surface area contributed by atoms with Crippen molar-refractivity contribution in [1.29, 1.82) is 0 Å². The molecule has 4 nitrogen and oxygen atoms in total. The maximum Gasteiger partial charge on any atom is 0.203 e. The van der Waals surface area contributed by atoms with Crippen LogP contribution in [-0.4, -0.2) is 17.8 Å². The zero-order valence-corrected chi connectivity index (χ0v) is 15.9. The summed E-state index contributed by atoms with van der Waals surface area (Å²) in [4.78, 5) is 5.60. The summed E-state index contributed by atoms with van der Waals surface area (Å²) in [6, 6.07) is 18.4. The number of benzene rings is 2. The molecule has 1 heterocycles. The van der Waals surface area contributed by atoms with Crippen LogP contribution in [0.3, 0.4) is 0 Å². The van der Waals surface area contributed by atoms with Gasteiger partial charge in [0.2, 0.25) is 5.13 Å². The van der Waals surface area contributed by atoms with E-state index < -0.39 is 0 Å². The normalized spacial score (nSPS) is 11.0. The van der Waals surface area contributed by atoms with E-state index in [1.165, 1.54) is 10.4 Å². The Morgan fingerprint density at radius 2 is 1.85 bits per heavy atom. The van der Waals surface area contributed by atoms with E-state index in [-0.39, 0.29) is 0 Å². The summed E-state index contributed by atoms with van der Waals surface area (Å²) < 4.78 is 5.80. The molecular formula is C21H23N3OS. The van der Waals surface area contributed by atoms with Crippen molar-refractivity contribution < 1.29 is 4.74 Å². The van der Waals surface area contributed by atoms with Crippen LogP contribution in [0.4, 0.5) is 5.13 Å². The third-order valence-corrected chi connectivity index (χ3v) is 4.98. The highest BCUT2D eigenvalue weighted by Crippen LogP contribution is 2.20. The number of aromatic nitrogens is 1. The van der Waals surface area contributed by atoms with Crippen molar-refractivity contribution in [2.75, 3.05) is 12.0 Å². The molecule has 0 unspecified atom stereocenters. The third kappa shape index (κ3) is 5.43. The number of aryl methyl sites for hydroxylation is 3. The lowest BCUT2D eigenvalue weighted by molar-refractivity contribution is 0.311.